The monoisotopic (exact) mass is 237 g/mol. The highest BCUT2D eigenvalue weighted by molar-refractivity contribution is 8.01. The first-order valence-corrected chi connectivity index (χ1v) is 6.17. The first-order chi connectivity index (χ1) is 7.15. The maximum Gasteiger partial charge on any atom is 0.156 e. The van der Waals surface area contributed by atoms with Gasteiger partial charge in [-0.15, -0.1) is 11.3 Å². The Labute approximate surface area is 96.8 Å². The topological polar surface area (TPSA) is 51.8 Å². The van der Waals surface area contributed by atoms with E-state index in [1.54, 1.807) is 29.3 Å². The van der Waals surface area contributed by atoms with Gasteiger partial charge in [-0.25, -0.2) is 9.97 Å². The average molecular weight is 237 g/mol. The lowest BCUT2D eigenvalue weighted by Gasteiger charge is -2.01. The number of aromatic nitrogens is 2. The van der Waals surface area contributed by atoms with Crippen molar-refractivity contribution in [2.24, 2.45) is 0 Å². The van der Waals surface area contributed by atoms with Gasteiger partial charge in [-0.3, -0.25) is 0 Å². The molecule has 5 heteroatoms. The Morgan fingerprint density at radius 1 is 1.40 bits per heavy atom. The summed E-state index contributed by atoms with van der Waals surface area (Å²) in [5, 5.41) is 2.92. The molecule has 0 amide bonds. The molecule has 0 radical (unpaired) electrons. The lowest BCUT2D eigenvalue weighted by Crippen LogP contribution is -1.91. The van der Waals surface area contributed by atoms with E-state index in [1.165, 1.54) is 0 Å². The largest absolute Gasteiger partial charge is 0.398 e. The van der Waals surface area contributed by atoms with Crippen molar-refractivity contribution in [2.75, 3.05) is 5.73 Å². The van der Waals surface area contributed by atoms with Crippen LogP contribution in [0.2, 0.25) is 0 Å². The SMILES string of the molecule is Cc1csc(Sc2cc(N)c(C)cn2)n1. The third kappa shape index (κ3) is 2.49. The van der Waals surface area contributed by atoms with E-state index in [1.807, 2.05) is 25.3 Å². The third-order valence-electron chi connectivity index (χ3n) is 1.91. The van der Waals surface area contributed by atoms with Gasteiger partial charge in [0.05, 0.1) is 0 Å². The minimum absolute atomic E-state index is 0.778. The second-order valence-corrected chi connectivity index (χ2v) is 5.36. The predicted molar refractivity (Wildman–Crippen MR) is 64.4 cm³/mol. The van der Waals surface area contributed by atoms with E-state index in [9.17, 15) is 0 Å². The number of aryl methyl sites for hydroxylation is 2. The van der Waals surface area contributed by atoms with Gasteiger partial charge in [0.2, 0.25) is 0 Å². The van der Waals surface area contributed by atoms with Gasteiger partial charge in [0.25, 0.3) is 0 Å². The van der Waals surface area contributed by atoms with Crippen LogP contribution < -0.4 is 5.73 Å². The summed E-state index contributed by atoms with van der Waals surface area (Å²) in [6, 6.07) is 1.89. The highest BCUT2D eigenvalue weighted by atomic mass is 32.2. The Kier molecular flexibility index (Phi) is 2.93. The standard InChI is InChI=1S/C10H11N3S2/c1-6-4-12-9(3-8(6)11)15-10-13-7(2)5-14-10/h3-5H,1-2H3,(H2,11,12). The van der Waals surface area contributed by atoms with Gasteiger partial charge in [-0.2, -0.15) is 0 Å². The zero-order valence-corrected chi connectivity index (χ0v) is 10.2. The second-order valence-electron chi connectivity index (χ2n) is 3.24. The Balaban J connectivity index is 2.21. The normalized spacial score (nSPS) is 10.5. The summed E-state index contributed by atoms with van der Waals surface area (Å²) in [6.07, 6.45) is 1.79. The summed E-state index contributed by atoms with van der Waals surface area (Å²) in [5.41, 5.74) is 8.64. The molecule has 0 spiro atoms. The molecule has 3 nitrogen and oxygen atoms in total. The van der Waals surface area contributed by atoms with Crippen LogP contribution in [0.5, 0.6) is 0 Å². The number of anilines is 1. The van der Waals surface area contributed by atoms with Gasteiger partial charge in [0, 0.05) is 23.0 Å². The Bertz CT molecular complexity index is 479. The van der Waals surface area contributed by atoms with Crippen LogP contribution in [0.3, 0.4) is 0 Å². The maximum atomic E-state index is 5.81. The molecule has 2 N–H and O–H groups in total. The summed E-state index contributed by atoms with van der Waals surface area (Å²) in [6.45, 7) is 3.93. The van der Waals surface area contributed by atoms with Crippen LogP contribution in [0, 0.1) is 13.8 Å². The summed E-state index contributed by atoms with van der Waals surface area (Å²) >= 11 is 3.17. The Morgan fingerprint density at radius 2 is 2.20 bits per heavy atom. The predicted octanol–water partition coefficient (Wildman–Crippen LogP) is 2.89. The number of hydrogen-bond donors (Lipinski definition) is 1. The van der Waals surface area contributed by atoms with Crippen LogP contribution in [0.1, 0.15) is 11.3 Å². The van der Waals surface area contributed by atoms with Crippen LogP contribution in [0.25, 0.3) is 0 Å². The molecule has 15 heavy (non-hydrogen) atoms. The molecule has 0 aromatic carbocycles. The zero-order valence-electron chi connectivity index (χ0n) is 8.52. The number of nitrogens with zero attached hydrogens (tertiary/aromatic N) is 2. The van der Waals surface area contributed by atoms with E-state index in [0.717, 1.165) is 26.3 Å². The average Bonchev–Trinajstić information content (AvgIpc) is 2.58. The summed E-state index contributed by atoms with van der Waals surface area (Å²) in [4.78, 5) is 8.65. The van der Waals surface area contributed by atoms with E-state index in [-0.39, 0.29) is 0 Å². The highest BCUT2D eigenvalue weighted by Crippen LogP contribution is 2.30. The number of nitrogen functional groups attached to an aromatic ring is 1. The fourth-order valence-corrected chi connectivity index (χ4v) is 2.82. The van der Waals surface area contributed by atoms with Crippen LogP contribution in [0.15, 0.2) is 27.0 Å². The zero-order chi connectivity index (χ0) is 10.8. The first-order valence-electron chi connectivity index (χ1n) is 4.47. The minimum Gasteiger partial charge on any atom is -0.398 e. The van der Waals surface area contributed by atoms with Gasteiger partial charge in [0.15, 0.2) is 4.34 Å². The molecule has 0 atom stereocenters. The fraction of sp³-hybridized carbons (Fsp3) is 0.200. The Morgan fingerprint density at radius 3 is 2.80 bits per heavy atom. The molecule has 0 aliphatic carbocycles. The molecule has 2 heterocycles. The quantitative estimate of drug-likeness (QED) is 0.872. The Hall–Kier alpha value is -1.07. The van der Waals surface area contributed by atoms with Crippen LogP contribution in [0.4, 0.5) is 5.69 Å². The van der Waals surface area contributed by atoms with Crippen molar-refractivity contribution in [1.29, 1.82) is 0 Å². The lowest BCUT2D eigenvalue weighted by atomic mass is 10.3. The van der Waals surface area contributed by atoms with Crippen molar-refractivity contribution in [3.63, 3.8) is 0 Å². The van der Waals surface area contributed by atoms with Crippen molar-refractivity contribution in [3.8, 4) is 0 Å². The van der Waals surface area contributed by atoms with E-state index < -0.39 is 0 Å². The van der Waals surface area contributed by atoms with Crippen molar-refractivity contribution in [2.45, 2.75) is 23.2 Å². The van der Waals surface area contributed by atoms with E-state index in [2.05, 4.69) is 9.97 Å². The molecule has 0 unspecified atom stereocenters. The smallest absolute Gasteiger partial charge is 0.156 e. The number of pyridine rings is 1. The van der Waals surface area contributed by atoms with Gasteiger partial charge in [0.1, 0.15) is 5.03 Å². The van der Waals surface area contributed by atoms with Crippen LogP contribution in [-0.4, -0.2) is 9.97 Å². The lowest BCUT2D eigenvalue weighted by molar-refractivity contribution is 1.10. The van der Waals surface area contributed by atoms with Crippen LogP contribution >= 0.6 is 23.1 Å². The maximum absolute atomic E-state index is 5.81. The fourth-order valence-electron chi connectivity index (χ4n) is 1.04. The van der Waals surface area contributed by atoms with Crippen molar-refractivity contribution in [1.82, 2.24) is 9.97 Å². The summed E-state index contributed by atoms with van der Waals surface area (Å²) < 4.78 is 1.00. The van der Waals surface area contributed by atoms with Crippen molar-refractivity contribution >= 4 is 28.8 Å². The van der Waals surface area contributed by atoms with E-state index >= 15 is 0 Å². The van der Waals surface area contributed by atoms with E-state index in [0.29, 0.717) is 0 Å². The molecule has 2 aromatic rings. The third-order valence-corrected chi connectivity index (χ3v) is 3.90. The second kappa shape index (κ2) is 4.20. The molecule has 0 bridgehead atoms. The van der Waals surface area contributed by atoms with Crippen molar-refractivity contribution in [3.05, 3.63) is 28.9 Å². The molecule has 0 fully saturated rings. The van der Waals surface area contributed by atoms with Gasteiger partial charge >= 0.3 is 0 Å². The summed E-state index contributed by atoms with van der Waals surface area (Å²) in [7, 11) is 0. The van der Waals surface area contributed by atoms with Gasteiger partial charge < -0.3 is 5.73 Å². The number of nitrogens with two attached hydrogens (primary N) is 1. The minimum atomic E-state index is 0.778. The highest BCUT2D eigenvalue weighted by Gasteiger charge is 2.04. The molecular formula is C10H11N3S2. The molecule has 0 aliphatic heterocycles. The number of rotatable bonds is 2. The van der Waals surface area contributed by atoms with Gasteiger partial charge in [-0.1, -0.05) is 0 Å². The molecule has 2 rings (SSSR count). The molecule has 2 aromatic heterocycles. The van der Waals surface area contributed by atoms with Crippen molar-refractivity contribution < 1.29 is 0 Å². The summed E-state index contributed by atoms with van der Waals surface area (Å²) in [5.74, 6) is 0. The van der Waals surface area contributed by atoms with Crippen LogP contribution in [-0.2, 0) is 0 Å². The first kappa shape index (κ1) is 10.4. The van der Waals surface area contributed by atoms with E-state index in [4.69, 9.17) is 5.73 Å². The molecular weight excluding hydrogens is 226 g/mol. The molecule has 0 saturated heterocycles. The van der Waals surface area contributed by atoms with Gasteiger partial charge in [-0.05, 0) is 37.2 Å². The molecule has 0 saturated carbocycles. The molecule has 0 aliphatic rings. The number of thiazole rings is 1. The number of hydrogen-bond acceptors (Lipinski definition) is 5. The molecule has 78 valence electrons.